The summed E-state index contributed by atoms with van der Waals surface area (Å²) in [5.41, 5.74) is 0.688. The Hall–Kier alpha value is -2.08. The number of ether oxygens (including phenoxy) is 1. The molecule has 4 rings (SSSR count). The molecule has 1 fully saturated rings. The molecule has 6 nitrogen and oxygen atoms in total. The molecule has 116 valence electrons. The van der Waals surface area contributed by atoms with Crippen LogP contribution in [0.2, 0.25) is 0 Å². The van der Waals surface area contributed by atoms with Crippen LogP contribution in [0.3, 0.4) is 0 Å². The second-order valence-corrected chi connectivity index (χ2v) is 5.77. The van der Waals surface area contributed by atoms with E-state index in [0.717, 1.165) is 37.4 Å². The first kappa shape index (κ1) is 13.6. The van der Waals surface area contributed by atoms with Gasteiger partial charge in [-0.2, -0.15) is 0 Å². The highest BCUT2D eigenvalue weighted by molar-refractivity contribution is 5.93. The van der Waals surface area contributed by atoms with Crippen LogP contribution in [0, 0.1) is 0 Å². The smallest absolute Gasteiger partial charge is 0.272 e. The molecule has 2 aromatic rings. The first-order chi connectivity index (χ1) is 10.8. The van der Waals surface area contributed by atoms with Crippen LogP contribution >= 0.6 is 0 Å². The van der Waals surface area contributed by atoms with E-state index in [1.165, 1.54) is 0 Å². The number of imidazole rings is 1. The van der Waals surface area contributed by atoms with Gasteiger partial charge in [-0.15, -0.1) is 0 Å². The number of nitrogens with zero attached hydrogens (tertiary/aromatic N) is 3. The number of fused-ring (bicyclic) bond motifs is 1. The summed E-state index contributed by atoms with van der Waals surface area (Å²) in [4.78, 5) is 19.3. The van der Waals surface area contributed by atoms with Gasteiger partial charge < -0.3 is 18.6 Å². The number of furan rings is 1. The monoisotopic (exact) mass is 301 g/mol. The fraction of sp³-hybridized carbons (Fsp3) is 0.500. The van der Waals surface area contributed by atoms with Gasteiger partial charge in [-0.3, -0.25) is 4.79 Å². The summed E-state index contributed by atoms with van der Waals surface area (Å²) in [7, 11) is 0. The Bertz CT molecular complexity index is 662. The standard InChI is InChI=1S/C16H19N3O3/c20-16(12-10-17-15-5-1-2-6-18(12)15)19-7-9-21-11-13(19)14-4-3-8-22-14/h3-4,8,10,13H,1-2,5-7,9,11H2. The van der Waals surface area contributed by atoms with Crippen molar-refractivity contribution >= 4 is 5.91 Å². The average Bonchev–Trinajstić information content (AvgIpc) is 3.24. The largest absolute Gasteiger partial charge is 0.467 e. The van der Waals surface area contributed by atoms with Crippen LogP contribution in [0.15, 0.2) is 29.0 Å². The lowest BCUT2D eigenvalue weighted by Gasteiger charge is -2.34. The van der Waals surface area contributed by atoms with Crippen LogP contribution in [0.25, 0.3) is 0 Å². The van der Waals surface area contributed by atoms with Crippen molar-refractivity contribution in [2.24, 2.45) is 0 Å². The second kappa shape index (κ2) is 5.61. The van der Waals surface area contributed by atoms with Crippen molar-refractivity contribution in [2.45, 2.75) is 31.8 Å². The maximum atomic E-state index is 13.0. The SMILES string of the molecule is O=C(c1cnc2n1CCCC2)N1CCOCC1c1ccco1. The molecule has 22 heavy (non-hydrogen) atoms. The number of hydrogen-bond donors (Lipinski definition) is 0. The van der Waals surface area contributed by atoms with Gasteiger partial charge in [0.15, 0.2) is 0 Å². The van der Waals surface area contributed by atoms with Crippen molar-refractivity contribution in [3.8, 4) is 0 Å². The lowest BCUT2D eigenvalue weighted by molar-refractivity contribution is -0.00932. The highest BCUT2D eigenvalue weighted by Gasteiger charge is 2.33. The Labute approximate surface area is 128 Å². The number of aryl methyl sites for hydroxylation is 1. The van der Waals surface area contributed by atoms with Gasteiger partial charge in [0.05, 0.1) is 25.7 Å². The van der Waals surface area contributed by atoms with Crippen LogP contribution in [0.4, 0.5) is 0 Å². The lowest BCUT2D eigenvalue weighted by atomic mass is 10.1. The number of amides is 1. The fourth-order valence-electron chi connectivity index (χ4n) is 3.30. The van der Waals surface area contributed by atoms with Crippen molar-refractivity contribution in [3.05, 3.63) is 41.9 Å². The molecule has 0 saturated carbocycles. The number of morpholine rings is 1. The summed E-state index contributed by atoms with van der Waals surface area (Å²) >= 11 is 0. The average molecular weight is 301 g/mol. The minimum absolute atomic E-state index is 0.0188. The van der Waals surface area contributed by atoms with E-state index in [0.29, 0.717) is 25.5 Å². The first-order valence-electron chi connectivity index (χ1n) is 7.81. The van der Waals surface area contributed by atoms with E-state index in [9.17, 15) is 4.79 Å². The molecule has 0 bridgehead atoms. The van der Waals surface area contributed by atoms with Crippen LogP contribution in [-0.2, 0) is 17.7 Å². The Morgan fingerprint density at radius 3 is 3.14 bits per heavy atom. The number of rotatable bonds is 2. The molecule has 0 aliphatic carbocycles. The molecule has 0 aromatic carbocycles. The number of carbonyl (C=O) groups is 1. The maximum Gasteiger partial charge on any atom is 0.272 e. The second-order valence-electron chi connectivity index (χ2n) is 5.77. The molecule has 1 amide bonds. The molecule has 2 aromatic heterocycles. The quantitative estimate of drug-likeness (QED) is 0.851. The van der Waals surface area contributed by atoms with Crippen molar-refractivity contribution in [2.75, 3.05) is 19.8 Å². The number of carbonyl (C=O) groups excluding carboxylic acids is 1. The Balaban J connectivity index is 1.64. The van der Waals surface area contributed by atoms with Crippen LogP contribution in [0.5, 0.6) is 0 Å². The third-order valence-electron chi connectivity index (χ3n) is 4.45. The predicted molar refractivity (Wildman–Crippen MR) is 78.5 cm³/mol. The summed E-state index contributed by atoms with van der Waals surface area (Å²) in [5.74, 6) is 1.81. The maximum absolute atomic E-state index is 13.0. The molecule has 1 saturated heterocycles. The highest BCUT2D eigenvalue weighted by Crippen LogP contribution is 2.27. The molecule has 0 N–H and O–H groups in total. The molecule has 1 atom stereocenters. The fourth-order valence-corrected chi connectivity index (χ4v) is 3.30. The van der Waals surface area contributed by atoms with Gasteiger partial charge in [-0.25, -0.2) is 4.98 Å². The van der Waals surface area contributed by atoms with E-state index in [1.54, 1.807) is 12.5 Å². The molecule has 2 aliphatic heterocycles. The minimum Gasteiger partial charge on any atom is -0.467 e. The molecule has 0 spiro atoms. The number of aromatic nitrogens is 2. The summed E-state index contributed by atoms with van der Waals surface area (Å²) in [5, 5.41) is 0. The Morgan fingerprint density at radius 1 is 1.32 bits per heavy atom. The molecule has 0 radical (unpaired) electrons. The van der Waals surface area contributed by atoms with E-state index in [-0.39, 0.29) is 11.9 Å². The van der Waals surface area contributed by atoms with Gasteiger partial charge in [-0.05, 0) is 25.0 Å². The van der Waals surface area contributed by atoms with Crippen LogP contribution in [0.1, 0.15) is 41.0 Å². The summed E-state index contributed by atoms with van der Waals surface area (Å²) < 4.78 is 13.1. The van der Waals surface area contributed by atoms with Crippen molar-refractivity contribution in [1.29, 1.82) is 0 Å². The molecule has 4 heterocycles. The van der Waals surface area contributed by atoms with E-state index >= 15 is 0 Å². The topological polar surface area (TPSA) is 60.5 Å². The van der Waals surface area contributed by atoms with Gasteiger partial charge >= 0.3 is 0 Å². The third-order valence-corrected chi connectivity index (χ3v) is 4.45. The predicted octanol–water partition coefficient (Wildman–Crippen LogP) is 2.03. The molecular weight excluding hydrogens is 282 g/mol. The van der Waals surface area contributed by atoms with E-state index < -0.39 is 0 Å². The van der Waals surface area contributed by atoms with Crippen LogP contribution < -0.4 is 0 Å². The van der Waals surface area contributed by atoms with E-state index in [1.807, 2.05) is 17.0 Å². The zero-order valence-corrected chi connectivity index (χ0v) is 12.4. The van der Waals surface area contributed by atoms with Gasteiger partial charge in [0.2, 0.25) is 0 Å². The van der Waals surface area contributed by atoms with Gasteiger partial charge in [0.1, 0.15) is 23.3 Å². The van der Waals surface area contributed by atoms with Crippen molar-refractivity contribution < 1.29 is 13.9 Å². The van der Waals surface area contributed by atoms with Crippen molar-refractivity contribution in [1.82, 2.24) is 14.5 Å². The Morgan fingerprint density at radius 2 is 2.27 bits per heavy atom. The third kappa shape index (κ3) is 2.23. The molecule has 6 heteroatoms. The summed E-state index contributed by atoms with van der Waals surface area (Å²) in [6, 6.07) is 3.57. The van der Waals surface area contributed by atoms with Gasteiger partial charge in [-0.1, -0.05) is 0 Å². The first-order valence-corrected chi connectivity index (χ1v) is 7.81. The Kier molecular flexibility index (Phi) is 3.46. The molecule has 1 unspecified atom stereocenters. The highest BCUT2D eigenvalue weighted by atomic mass is 16.5. The lowest BCUT2D eigenvalue weighted by Crippen LogP contribution is -2.44. The zero-order valence-electron chi connectivity index (χ0n) is 12.4. The van der Waals surface area contributed by atoms with Crippen molar-refractivity contribution in [3.63, 3.8) is 0 Å². The molecule has 2 aliphatic rings. The summed E-state index contributed by atoms with van der Waals surface area (Å²) in [6.45, 7) is 2.49. The normalized spacial score (nSPS) is 21.6. The van der Waals surface area contributed by atoms with E-state index in [4.69, 9.17) is 9.15 Å². The number of hydrogen-bond acceptors (Lipinski definition) is 4. The van der Waals surface area contributed by atoms with E-state index in [2.05, 4.69) is 9.55 Å². The summed E-state index contributed by atoms with van der Waals surface area (Å²) in [6.07, 6.45) is 6.56. The van der Waals surface area contributed by atoms with Gasteiger partial charge in [0.25, 0.3) is 5.91 Å². The van der Waals surface area contributed by atoms with Gasteiger partial charge in [0, 0.05) is 19.5 Å². The molecular formula is C16H19N3O3. The van der Waals surface area contributed by atoms with Crippen LogP contribution in [-0.4, -0.2) is 40.1 Å². The minimum atomic E-state index is -0.161. The zero-order chi connectivity index (χ0) is 14.9.